The summed E-state index contributed by atoms with van der Waals surface area (Å²) in [5, 5.41) is 12.7. The highest BCUT2D eigenvalue weighted by atomic mass is 19.2. The summed E-state index contributed by atoms with van der Waals surface area (Å²) in [4.78, 5) is 5.36. The van der Waals surface area contributed by atoms with E-state index in [-0.39, 0.29) is 28.9 Å². The van der Waals surface area contributed by atoms with Crippen LogP contribution in [0.15, 0.2) is 5.16 Å². The number of fused-ring (bicyclic) bond motifs is 1. The van der Waals surface area contributed by atoms with E-state index in [2.05, 4.69) is 5.16 Å². The van der Waals surface area contributed by atoms with Gasteiger partial charge >= 0.3 is 0 Å². The lowest BCUT2D eigenvalue weighted by atomic mass is 9.86. The largest absolute Gasteiger partial charge is 0.392 e. The standard InChI is InChI=1S/C16H15F3N2O/c1-8-12(15(19)14(18)10(7-20)13(8)17)16-9-5-3-2-4-6-11(9)22-21-16/h9,11H,2-6H2,1H3. The molecule has 2 aliphatic rings. The van der Waals surface area contributed by atoms with Gasteiger partial charge in [-0.1, -0.05) is 18.0 Å². The van der Waals surface area contributed by atoms with Gasteiger partial charge in [-0.05, 0) is 31.7 Å². The van der Waals surface area contributed by atoms with Crippen LogP contribution in [0.3, 0.4) is 0 Å². The summed E-state index contributed by atoms with van der Waals surface area (Å²) in [5.74, 6) is -3.86. The maximum Gasteiger partial charge on any atom is 0.180 e. The first kappa shape index (κ1) is 14.9. The van der Waals surface area contributed by atoms with Crippen molar-refractivity contribution in [2.24, 2.45) is 11.1 Å². The molecule has 2 atom stereocenters. The van der Waals surface area contributed by atoms with Crippen molar-refractivity contribution in [1.82, 2.24) is 0 Å². The fourth-order valence-electron chi connectivity index (χ4n) is 3.32. The number of hydrogen-bond acceptors (Lipinski definition) is 3. The maximum atomic E-state index is 14.4. The Morgan fingerprint density at radius 2 is 1.82 bits per heavy atom. The highest BCUT2D eigenvalue weighted by Crippen LogP contribution is 2.36. The van der Waals surface area contributed by atoms with Crippen molar-refractivity contribution in [2.45, 2.75) is 45.1 Å². The molecule has 22 heavy (non-hydrogen) atoms. The summed E-state index contributed by atoms with van der Waals surface area (Å²) in [5.41, 5.74) is -0.911. The van der Waals surface area contributed by atoms with Crippen LogP contribution in [-0.2, 0) is 4.84 Å². The molecule has 1 aliphatic carbocycles. The minimum atomic E-state index is -1.46. The first-order valence-electron chi connectivity index (χ1n) is 7.37. The third-order valence-electron chi connectivity index (χ3n) is 4.51. The fraction of sp³-hybridized carbons (Fsp3) is 0.500. The van der Waals surface area contributed by atoms with Crippen LogP contribution in [0.1, 0.15) is 48.8 Å². The van der Waals surface area contributed by atoms with E-state index in [1.54, 1.807) is 0 Å². The van der Waals surface area contributed by atoms with E-state index in [9.17, 15) is 13.2 Å². The summed E-state index contributed by atoms with van der Waals surface area (Å²) in [6.07, 6.45) is 4.41. The average molecular weight is 308 g/mol. The monoisotopic (exact) mass is 308 g/mol. The minimum absolute atomic E-state index is 0.0947. The molecule has 0 bridgehead atoms. The second kappa shape index (κ2) is 5.64. The number of rotatable bonds is 1. The van der Waals surface area contributed by atoms with Crippen molar-refractivity contribution in [1.29, 1.82) is 5.26 Å². The van der Waals surface area contributed by atoms with E-state index in [4.69, 9.17) is 10.1 Å². The van der Waals surface area contributed by atoms with Gasteiger partial charge in [0.2, 0.25) is 0 Å². The van der Waals surface area contributed by atoms with Crippen LogP contribution in [0, 0.1) is 41.6 Å². The highest BCUT2D eigenvalue weighted by Gasteiger charge is 2.39. The molecule has 1 saturated carbocycles. The van der Waals surface area contributed by atoms with Gasteiger partial charge in [-0.2, -0.15) is 5.26 Å². The van der Waals surface area contributed by atoms with Gasteiger partial charge in [0.25, 0.3) is 0 Å². The van der Waals surface area contributed by atoms with Crippen molar-refractivity contribution < 1.29 is 18.0 Å². The molecule has 0 saturated heterocycles. The lowest BCUT2D eigenvalue weighted by molar-refractivity contribution is 0.0571. The Labute approximate surface area is 126 Å². The molecule has 116 valence electrons. The Hall–Kier alpha value is -2.03. The smallest absolute Gasteiger partial charge is 0.180 e. The van der Waals surface area contributed by atoms with Crippen molar-refractivity contribution in [2.75, 3.05) is 0 Å². The number of oxime groups is 1. The van der Waals surface area contributed by atoms with Crippen molar-refractivity contribution >= 4 is 5.71 Å². The molecule has 1 aromatic carbocycles. The second-order valence-corrected chi connectivity index (χ2v) is 5.79. The van der Waals surface area contributed by atoms with Gasteiger partial charge in [-0.25, -0.2) is 13.2 Å². The fourth-order valence-corrected chi connectivity index (χ4v) is 3.32. The van der Waals surface area contributed by atoms with Crippen molar-refractivity contribution in [3.8, 4) is 6.07 Å². The van der Waals surface area contributed by atoms with E-state index in [0.717, 1.165) is 32.1 Å². The zero-order valence-electron chi connectivity index (χ0n) is 12.1. The van der Waals surface area contributed by atoms with E-state index in [0.29, 0.717) is 0 Å². The summed E-state index contributed by atoms with van der Waals surface area (Å²) in [7, 11) is 0. The van der Waals surface area contributed by atoms with Crippen LogP contribution in [0.25, 0.3) is 0 Å². The molecule has 1 fully saturated rings. The number of halogens is 3. The normalized spacial score (nSPS) is 24.0. The van der Waals surface area contributed by atoms with Gasteiger partial charge in [0, 0.05) is 11.5 Å². The molecule has 0 N–H and O–H groups in total. The van der Waals surface area contributed by atoms with Gasteiger partial charge in [-0.15, -0.1) is 0 Å². The van der Waals surface area contributed by atoms with Gasteiger partial charge in [0.05, 0.1) is 5.71 Å². The zero-order valence-corrected chi connectivity index (χ0v) is 12.1. The molecule has 1 aliphatic heterocycles. The first-order valence-corrected chi connectivity index (χ1v) is 7.37. The Morgan fingerprint density at radius 3 is 2.55 bits per heavy atom. The quantitative estimate of drug-likeness (QED) is 0.737. The van der Waals surface area contributed by atoms with Crippen LogP contribution in [0.4, 0.5) is 13.2 Å². The van der Waals surface area contributed by atoms with E-state index in [1.807, 2.05) is 0 Å². The predicted octanol–water partition coefficient (Wildman–Crippen LogP) is 3.97. The maximum absolute atomic E-state index is 14.4. The van der Waals surface area contributed by atoms with E-state index >= 15 is 0 Å². The van der Waals surface area contributed by atoms with Crippen LogP contribution in [0.5, 0.6) is 0 Å². The molecule has 3 nitrogen and oxygen atoms in total. The Morgan fingerprint density at radius 1 is 1.09 bits per heavy atom. The molecular formula is C16H15F3N2O. The average Bonchev–Trinajstić information content (AvgIpc) is 2.75. The third-order valence-corrected chi connectivity index (χ3v) is 4.51. The number of benzene rings is 1. The number of hydrogen-bond donors (Lipinski definition) is 0. The second-order valence-electron chi connectivity index (χ2n) is 5.79. The third kappa shape index (κ3) is 2.16. The molecule has 0 amide bonds. The summed E-state index contributed by atoms with van der Waals surface area (Å²) < 4.78 is 42.4. The Bertz CT molecular complexity index is 665. The first-order chi connectivity index (χ1) is 10.6. The number of nitrogens with zero attached hydrogens (tertiary/aromatic N) is 2. The Balaban J connectivity index is 2.11. The van der Waals surface area contributed by atoms with Gasteiger partial charge < -0.3 is 4.84 Å². The molecule has 0 radical (unpaired) electrons. The van der Waals surface area contributed by atoms with Crippen molar-refractivity contribution in [3.05, 3.63) is 34.1 Å². The van der Waals surface area contributed by atoms with Crippen LogP contribution in [-0.4, -0.2) is 11.8 Å². The molecule has 0 aromatic heterocycles. The zero-order chi connectivity index (χ0) is 15.9. The molecule has 0 spiro atoms. The topological polar surface area (TPSA) is 45.4 Å². The Kier molecular flexibility index (Phi) is 3.81. The van der Waals surface area contributed by atoms with E-state index in [1.165, 1.54) is 13.0 Å². The van der Waals surface area contributed by atoms with Gasteiger partial charge in [0.1, 0.15) is 23.6 Å². The van der Waals surface area contributed by atoms with E-state index < -0.39 is 23.0 Å². The van der Waals surface area contributed by atoms with Gasteiger partial charge in [0.15, 0.2) is 11.6 Å². The van der Waals surface area contributed by atoms with Crippen LogP contribution >= 0.6 is 0 Å². The summed E-state index contributed by atoms with van der Waals surface area (Å²) in [6.45, 7) is 1.33. The molecule has 3 rings (SSSR count). The lowest BCUT2D eigenvalue weighted by Gasteiger charge is -2.17. The number of nitriles is 1. The molecule has 2 unspecified atom stereocenters. The molecular weight excluding hydrogens is 293 g/mol. The lowest BCUT2D eigenvalue weighted by Crippen LogP contribution is -2.25. The minimum Gasteiger partial charge on any atom is -0.392 e. The summed E-state index contributed by atoms with van der Waals surface area (Å²) in [6, 6.07) is 1.37. The van der Waals surface area contributed by atoms with Crippen molar-refractivity contribution in [3.63, 3.8) is 0 Å². The molecule has 6 heteroatoms. The predicted molar refractivity (Wildman–Crippen MR) is 73.8 cm³/mol. The van der Waals surface area contributed by atoms with Gasteiger partial charge in [-0.3, -0.25) is 0 Å². The van der Waals surface area contributed by atoms with Crippen LogP contribution in [0.2, 0.25) is 0 Å². The molecule has 1 aromatic rings. The van der Waals surface area contributed by atoms with Crippen LogP contribution < -0.4 is 0 Å². The summed E-state index contributed by atoms with van der Waals surface area (Å²) >= 11 is 0. The molecule has 1 heterocycles. The highest BCUT2D eigenvalue weighted by molar-refractivity contribution is 6.04. The SMILES string of the molecule is Cc1c(F)c(C#N)c(F)c(F)c1C1=NOC2CCCCCC12.